The molecule has 0 saturated carbocycles. The molecule has 0 spiro atoms. The third kappa shape index (κ3) is 3.33. The molecule has 0 aromatic carbocycles. The predicted octanol–water partition coefficient (Wildman–Crippen LogP) is -0.900. The maximum atomic E-state index is 10.7. The highest BCUT2D eigenvalue weighted by Gasteiger charge is 2.23. The zero-order valence-corrected chi connectivity index (χ0v) is 8.53. The van der Waals surface area contributed by atoms with Gasteiger partial charge in [0, 0.05) is 13.1 Å². The van der Waals surface area contributed by atoms with E-state index in [2.05, 4.69) is 10.6 Å². The lowest BCUT2D eigenvalue weighted by molar-refractivity contribution is -0.0457. The van der Waals surface area contributed by atoms with Crippen LogP contribution in [0.25, 0.3) is 0 Å². The zero-order chi connectivity index (χ0) is 10.5. The van der Waals surface area contributed by atoms with Crippen molar-refractivity contribution in [2.75, 3.05) is 39.5 Å². The van der Waals surface area contributed by atoms with Crippen LogP contribution in [-0.4, -0.2) is 57.8 Å². The fourth-order valence-electron chi connectivity index (χ4n) is 1.58. The number of alkyl carbamates (subject to hydrolysis) is 1. The standard InChI is InChI=1S/C9H16N2O4/c12-9-11-4-8(15-9)6-13-5-7-3-10-1-2-14-7/h7-8,10H,1-6H2,(H,11,12). The SMILES string of the molecule is O=C1NCC(COCC2CNCCO2)O1. The molecule has 2 saturated heterocycles. The second-order valence-corrected chi connectivity index (χ2v) is 3.64. The van der Waals surface area contributed by atoms with Crippen LogP contribution in [0.3, 0.4) is 0 Å². The molecule has 1 amide bonds. The Morgan fingerprint density at radius 1 is 1.33 bits per heavy atom. The molecule has 2 atom stereocenters. The molecule has 6 nitrogen and oxygen atoms in total. The minimum atomic E-state index is -0.362. The topological polar surface area (TPSA) is 68.8 Å². The smallest absolute Gasteiger partial charge is 0.407 e. The van der Waals surface area contributed by atoms with E-state index < -0.39 is 0 Å². The number of hydrogen-bond donors (Lipinski definition) is 2. The Kier molecular flexibility index (Phi) is 3.76. The van der Waals surface area contributed by atoms with Gasteiger partial charge in [0.25, 0.3) is 0 Å². The van der Waals surface area contributed by atoms with Crippen LogP contribution in [-0.2, 0) is 14.2 Å². The molecule has 2 rings (SSSR count). The Bertz CT molecular complexity index is 218. The molecular weight excluding hydrogens is 200 g/mol. The van der Waals surface area contributed by atoms with Gasteiger partial charge in [0.2, 0.25) is 0 Å². The van der Waals surface area contributed by atoms with Crippen LogP contribution in [0.15, 0.2) is 0 Å². The third-order valence-corrected chi connectivity index (χ3v) is 2.36. The molecule has 2 unspecified atom stereocenters. The van der Waals surface area contributed by atoms with Gasteiger partial charge in [-0.05, 0) is 0 Å². The lowest BCUT2D eigenvalue weighted by Gasteiger charge is -2.23. The largest absolute Gasteiger partial charge is 0.442 e. The van der Waals surface area contributed by atoms with E-state index >= 15 is 0 Å². The van der Waals surface area contributed by atoms with Crippen LogP contribution < -0.4 is 10.6 Å². The van der Waals surface area contributed by atoms with Crippen LogP contribution in [0.1, 0.15) is 0 Å². The van der Waals surface area contributed by atoms with Crippen molar-refractivity contribution in [1.29, 1.82) is 0 Å². The fourth-order valence-corrected chi connectivity index (χ4v) is 1.58. The van der Waals surface area contributed by atoms with Crippen LogP contribution in [0.2, 0.25) is 0 Å². The van der Waals surface area contributed by atoms with Crippen molar-refractivity contribution in [1.82, 2.24) is 10.6 Å². The van der Waals surface area contributed by atoms with Gasteiger partial charge in [-0.15, -0.1) is 0 Å². The highest BCUT2D eigenvalue weighted by molar-refractivity contribution is 5.69. The number of carbonyl (C=O) groups excluding carboxylic acids is 1. The summed E-state index contributed by atoms with van der Waals surface area (Å²) in [5.74, 6) is 0. The van der Waals surface area contributed by atoms with Crippen molar-refractivity contribution >= 4 is 6.09 Å². The lowest BCUT2D eigenvalue weighted by Crippen LogP contribution is -2.41. The van der Waals surface area contributed by atoms with E-state index in [1.165, 1.54) is 0 Å². The van der Waals surface area contributed by atoms with Crippen molar-refractivity contribution in [2.24, 2.45) is 0 Å². The van der Waals surface area contributed by atoms with E-state index in [1.807, 2.05) is 0 Å². The highest BCUT2D eigenvalue weighted by atomic mass is 16.6. The number of carbonyl (C=O) groups is 1. The average Bonchev–Trinajstić information content (AvgIpc) is 2.66. The number of hydrogen-bond acceptors (Lipinski definition) is 5. The molecule has 0 radical (unpaired) electrons. The maximum absolute atomic E-state index is 10.7. The monoisotopic (exact) mass is 216 g/mol. The van der Waals surface area contributed by atoms with Gasteiger partial charge in [-0.2, -0.15) is 0 Å². The van der Waals surface area contributed by atoms with Crippen LogP contribution in [0.4, 0.5) is 4.79 Å². The summed E-state index contributed by atoms with van der Waals surface area (Å²) in [6.07, 6.45) is -0.406. The van der Waals surface area contributed by atoms with Crippen molar-refractivity contribution in [2.45, 2.75) is 12.2 Å². The summed E-state index contributed by atoms with van der Waals surface area (Å²) >= 11 is 0. The summed E-state index contributed by atoms with van der Waals surface area (Å²) in [5, 5.41) is 5.79. The van der Waals surface area contributed by atoms with Crippen molar-refractivity contribution in [3.05, 3.63) is 0 Å². The zero-order valence-electron chi connectivity index (χ0n) is 8.53. The summed E-state index contributed by atoms with van der Waals surface area (Å²) in [7, 11) is 0. The first-order chi connectivity index (χ1) is 7.34. The van der Waals surface area contributed by atoms with E-state index in [0.717, 1.165) is 19.7 Å². The Morgan fingerprint density at radius 3 is 2.87 bits per heavy atom. The number of morpholine rings is 1. The molecule has 6 heteroatoms. The first kappa shape index (κ1) is 10.7. The van der Waals surface area contributed by atoms with Crippen LogP contribution in [0.5, 0.6) is 0 Å². The Balaban J connectivity index is 1.56. The van der Waals surface area contributed by atoms with Gasteiger partial charge < -0.3 is 24.8 Å². The number of nitrogens with one attached hydrogen (secondary N) is 2. The minimum Gasteiger partial charge on any atom is -0.442 e. The molecule has 2 N–H and O–H groups in total. The van der Waals surface area contributed by atoms with Gasteiger partial charge in [0.05, 0.1) is 32.5 Å². The minimum absolute atomic E-state index is 0.115. The van der Waals surface area contributed by atoms with Gasteiger partial charge in [-0.3, -0.25) is 0 Å². The number of cyclic esters (lactones) is 1. The molecule has 2 aliphatic heterocycles. The van der Waals surface area contributed by atoms with Gasteiger partial charge in [0.15, 0.2) is 0 Å². The van der Waals surface area contributed by atoms with Crippen LogP contribution >= 0.6 is 0 Å². The lowest BCUT2D eigenvalue weighted by atomic mass is 10.3. The molecule has 86 valence electrons. The van der Waals surface area contributed by atoms with E-state index in [0.29, 0.717) is 19.8 Å². The Labute approximate surface area is 88.2 Å². The molecule has 2 aliphatic rings. The first-order valence-electron chi connectivity index (χ1n) is 5.19. The fraction of sp³-hybridized carbons (Fsp3) is 0.889. The van der Waals surface area contributed by atoms with Crippen molar-refractivity contribution in [3.8, 4) is 0 Å². The molecule has 0 aliphatic carbocycles. The van der Waals surface area contributed by atoms with Gasteiger partial charge in [0.1, 0.15) is 6.10 Å². The van der Waals surface area contributed by atoms with E-state index in [-0.39, 0.29) is 18.3 Å². The quantitative estimate of drug-likeness (QED) is 0.637. The van der Waals surface area contributed by atoms with E-state index in [1.54, 1.807) is 0 Å². The van der Waals surface area contributed by atoms with Gasteiger partial charge in [-0.1, -0.05) is 0 Å². The van der Waals surface area contributed by atoms with Crippen molar-refractivity contribution in [3.63, 3.8) is 0 Å². The van der Waals surface area contributed by atoms with Gasteiger partial charge in [-0.25, -0.2) is 4.79 Å². The predicted molar refractivity (Wildman–Crippen MR) is 51.7 cm³/mol. The molecule has 0 bridgehead atoms. The average molecular weight is 216 g/mol. The third-order valence-electron chi connectivity index (χ3n) is 2.36. The first-order valence-corrected chi connectivity index (χ1v) is 5.19. The molecule has 15 heavy (non-hydrogen) atoms. The molecule has 0 aromatic rings. The van der Waals surface area contributed by atoms with E-state index in [9.17, 15) is 4.79 Å². The molecular formula is C9H16N2O4. The normalized spacial score (nSPS) is 31.1. The second-order valence-electron chi connectivity index (χ2n) is 3.64. The second kappa shape index (κ2) is 5.29. The number of rotatable bonds is 4. The molecule has 2 heterocycles. The molecule has 2 fully saturated rings. The summed E-state index contributed by atoms with van der Waals surface area (Å²) in [6, 6.07) is 0. The van der Waals surface area contributed by atoms with E-state index in [4.69, 9.17) is 14.2 Å². The summed E-state index contributed by atoms with van der Waals surface area (Å²) in [6.45, 7) is 3.96. The maximum Gasteiger partial charge on any atom is 0.407 e. The van der Waals surface area contributed by atoms with Gasteiger partial charge >= 0.3 is 6.09 Å². The molecule has 0 aromatic heterocycles. The summed E-state index contributed by atoms with van der Waals surface area (Å²) < 4.78 is 15.8. The highest BCUT2D eigenvalue weighted by Crippen LogP contribution is 2.02. The van der Waals surface area contributed by atoms with Crippen LogP contribution in [0, 0.1) is 0 Å². The number of amides is 1. The number of ether oxygens (including phenoxy) is 3. The van der Waals surface area contributed by atoms with Crippen molar-refractivity contribution < 1.29 is 19.0 Å². The Hall–Kier alpha value is -0.850. The Morgan fingerprint density at radius 2 is 2.20 bits per heavy atom. The summed E-state index contributed by atoms with van der Waals surface area (Å²) in [4.78, 5) is 10.7. The summed E-state index contributed by atoms with van der Waals surface area (Å²) in [5.41, 5.74) is 0.